The van der Waals surface area contributed by atoms with Crippen LogP contribution in [0.1, 0.15) is 46.0 Å². The highest BCUT2D eigenvalue weighted by Gasteiger charge is 2.37. The number of Topliss-reactive ketones (excluding diaryl/α,β-unsaturated/α-hetero) is 1. The van der Waals surface area contributed by atoms with Crippen LogP contribution in [0.5, 0.6) is 0 Å². The van der Waals surface area contributed by atoms with Gasteiger partial charge in [-0.2, -0.15) is 0 Å². The SMILES string of the molecule is C=C=C(C1CC=C[C@@H](C(=O)CC)C1)[C@@H](C)C1CC2C=CC=CC2C1. The molecule has 128 valence electrons. The minimum atomic E-state index is 0.0984. The Labute approximate surface area is 146 Å². The standard InChI is InChI=1S/C23H30O/c1-4-22(19-11-8-12-20(15-19)23(24)5-2)16(3)21-13-17-9-6-7-10-18(17)14-21/h6-10,12,16-21H,1,5,11,13-15H2,2-3H3/t16-,17?,18?,19?,20+,21?/m0/s1. The molecule has 1 heteroatoms. The fourth-order valence-corrected chi connectivity index (χ4v) is 4.98. The third-order valence-corrected chi connectivity index (χ3v) is 6.46. The number of carbonyl (C=O) groups excluding carboxylic acids is 1. The summed E-state index contributed by atoms with van der Waals surface area (Å²) < 4.78 is 0. The summed E-state index contributed by atoms with van der Waals surface area (Å²) in [5.41, 5.74) is 4.66. The van der Waals surface area contributed by atoms with Crippen molar-refractivity contribution in [2.45, 2.75) is 46.0 Å². The first-order chi connectivity index (χ1) is 11.6. The topological polar surface area (TPSA) is 17.1 Å². The van der Waals surface area contributed by atoms with Gasteiger partial charge in [0.15, 0.2) is 0 Å². The quantitative estimate of drug-likeness (QED) is 0.471. The van der Waals surface area contributed by atoms with Crippen LogP contribution in [0.25, 0.3) is 0 Å². The number of ketones is 1. The van der Waals surface area contributed by atoms with Gasteiger partial charge in [0.2, 0.25) is 0 Å². The first kappa shape index (κ1) is 17.2. The molecule has 24 heavy (non-hydrogen) atoms. The lowest BCUT2D eigenvalue weighted by Crippen LogP contribution is -2.24. The number of carbonyl (C=O) groups is 1. The van der Waals surface area contributed by atoms with Crippen LogP contribution in [0.4, 0.5) is 0 Å². The summed E-state index contributed by atoms with van der Waals surface area (Å²) in [6.07, 6.45) is 18.7. The molecule has 5 atom stereocenters. The highest BCUT2D eigenvalue weighted by molar-refractivity contribution is 5.82. The molecule has 1 fully saturated rings. The molecule has 1 nitrogen and oxygen atoms in total. The number of fused-ring (bicyclic) bond motifs is 1. The van der Waals surface area contributed by atoms with Crippen LogP contribution < -0.4 is 0 Å². The zero-order valence-electron chi connectivity index (χ0n) is 15.1. The van der Waals surface area contributed by atoms with E-state index in [-0.39, 0.29) is 5.92 Å². The Hall–Kier alpha value is -1.59. The molecule has 0 aromatic rings. The van der Waals surface area contributed by atoms with Crippen LogP contribution in [0.15, 0.2) is 54.3 Å². The molecule has 0 saturated heterocycles. The van der Waals surface area contributed by atoms with Crippen molar-refractivity contribution in [3.63, 3.8) is 0 Å². The van der Waals surface area contributed by atoms with Gasteiger partial charge in [0.25, 0.3) is 0 Å². The number of rotatable bonds is 5. The molecule has 0 aromatic heterocycles. The molecule has 3 aliphatic carbocycles. The Morgan fingerprint density at radius 1 is 1.17 bits per heavy atom. The predicted octanol–water partition coefficient (Wildman–Crippen LogP) is 5.66. The molecule has 3 aliphatic rings. The first-order valence-corrected chi connectivity index (χ1v) is 9.58. The summed E-state index contributed by atoms with van der Waals surface area (Å²) >= 11 is 0. The lowest BCUT2D eigenvalue weighted by Gasteiger charge is -2.31. The maximum Gasteiger partial charge on any atom is 0.139 e. The molecule has 0 heterocycles. The zero-order valence-corrected chi connectivity index (χ0v) is 15.1. The van der Waals surface area contributed by atoms with E-state index in [1.54, 1.807) is 0 Å². The molecular weight excluding hydrogens is 292 g/mol. The van der Waals surface area contributed by atoms with Crippen LogP contribution in [0.3, 0.4) is 0 Å². The van der Waals surface area contributed by atoms with Crippen molar-refractivity contribution in [1.29, 1.82) is 0 Å². The molecule has 0 N–H and O–H groups in total. The van der Waals surface area contributed by atoms with Crippen LogP contribution >= 0.6 is 0 Å². The average molecular weight is 322 g/mol. The minimum absolute atomic E-state index is 0.0984. The van der Waals surface area contributed by atoms with E-state index in [9.17, 15) is 4.79 Å². The van der Waals surface area contributed by atoms with Crippen LogP contribution in [0.2, 0.25) is 0 Å². The lowest BCUT2D eigenvalue weighted by molar-refractivity contribution is -0.121. The third-order valence-electron chi connectivity index (χ3n) is 6.46. The first-order valence-electron chi connectivity index (χ1n) is 9.58. The smallest absolute Gasteiger partial charge is 0.139 e. The summed E-state index contributed by atoms with van der Waals surface area (Å²) in [5.74, 6) is 3.57. The summed E-state index contributed by atoms with van der Waals surface area (Å²) in [7, 11) is 0. The highest BCUT2D eigenvalue weighted by Crippen LogP contribution is 2.46. The molecule has 0 aromatic carbocycles. The van der Waals surface area contributed by atoms with Crippen LogP contribution in [-0.2, 0) is 4.79 Å². The number of hydrogen-bond acceptors (Lipinski definition) is 1. The van der Waals surface area contributed by atoms with Gasteiger partial charge in [-0.3, -0.25) is 4.79 Å². The highest BCUT2D eigenvalue weighted by atomic mass is 16.1. The molecule has 3 rings (SSSR count). The number of allylic oxidation sites excluding steroid dienone is 7. The Balaban J connectivity index is 1.69. The van der Waals surface area contributed by atoms with Crippen LogP contribution in [0, 0.1) is 35.5 Å². The van der Waals surface area contributed by atoms with E-state index in [0.29, 0.717) is 41.8 Å². The van der Waals surface area contributed by atoms with E-state index in [2.05, 4.69) is 55.7 Å². The molecule has 0 bridgehead atoms. The van der Waals surface area contributed by atoms with E-state index in [1.807, 2.05) is 6.92 Å². The van der Waals surface area contributed by atoms with E-state index < -0.39 is 0 Å². The second-order valence-electron chi connectivity index (χ2n) is 7.77. The van der Waals surface area contributed by atoms with Gasteiger partial charge in [0.1, 0.15) is 5.78 Å². The predicted molar refractivity (Wildman–Crippen MR) is 100 cm³/mol. The Kier molecular flexibility index (Phi) is 5.41. The van der Waals surface area contributed by atoms with Gasteiger partial charge in [-0.1, -0.05) is 56.9 Å². The molecule has 0 radical (unpaired) electrons. The van der Waals surface area contributed by atoms with Crippen molar-refractivity contribution in [2.24, 2.45) is 35.5 Å². The minimum Gasteiger partial charge on any atom is -0.299 e. The second-order valence-corrected chi connectivity index (χ2v) is 7.77. The van der Waals surface area contributed by atoms with Crippen molar-refractivity contribution in [2.75, 3.05) is 0 Å². The lowest BCUT2D eigenvalue weighted by atomic mass is 9.73. The van der Waals surface area contributed by atoms with Crippen molar-refractivity contribution in [3.8, 4) is 0 Å². The molecule has 0 amide bonds. The van der Waals surface area contributed by atoms with Gasteiger partial charge in [0, 0.05) is 12.3 Å². The average Bonchev–Trinajstić information content (AvgIpc) is 3.06. The maximum absolute atomic E-state index is 12.1. The van der Waals surface area contributed by atoms with E-state index in [0.717, 1.165) is 12.8 Å². The molecule has 0 aliphatic heterocycles. The molecular formula is C23H30O. The van der Waals surface area contributed by atoms with Crippen molar-refractivity contribution >= 4 is 5.78 Å². The maximum atomic E-state index is 12.1. The van der Waals surface area contributed by atoms with Crippen molar-refractivity contribution < 1.29 is 4.79 Å². The Bertz CT molecular complexity index is 594. The van der Waals surface area contributed by atoms with Crippen molar-refractivity contribution in [1.82, 2.24) is 0 Å². The van der Waals surface area contributed by atoms with Crippen molar-refractivity contribution in [3.05, 3.63) is 54.3 Å². The van der Waals surface area contributed by atoms with Gasteiger partial charge < -0.3 is 0 Å². The van der Waals surface area contributed by atoms with E-state index in [1.165, 1.54) is 18.4 Å². The Morgan fingerprint density at radius 2 is 1.83 bits per heavy atom. The van der Waals surface area contributed by atoms with Gasteiger partial charge >= 0.3 is 0 Å². The third kappa shape index (κ3) is 3.42. The van der Waals surface area contributed by atoms with Crippen LogP contribution in [-0.4, -0.2) is 5.78 Å². The molecule has 0 spiro atoms. The summed E-state index contributed by atoms with van der Waals surface area (Å²) in [5, 5.41) is 0. The summed E-state index contributed by atoms with van der Waals surface area (Å²) in [6.45, 7) is 8.34. The van der Waals surface area contributed by atoms with E-state index >= 15 is 0 Å². The summed E-state index contributed by atoms with van der Waals surface area (Å²) in [6, 6.07) is 0. The van der Waals surface area contributed by atoms with Gasteiger partial charge in [-0.05, 0) is 60.8 Å². The summed E-state index contributed by atoms with van der Waals surface area (Å²) in [4.78, 5) is 12.1. The monoisotopic (exact) mass is 322 g/mol. The molecule has 1 saturated carbocycles. The van der Waals surface area contributed by atoms with Gasteiger partial charge in [-0.15, -0.1) is 5.73 Å². The van der Waals surface area contributed by atoms with E-state index in [4.69, 9.17) is 0 Å². The normalized spacial score (nSPS) is 35.3. The zero-order chi connectivity index (χ0) is 17.1. The second kappa shape index (κ2) is 7.53. The largest absolute Gasteiger partial charge is 0.299 e. The fourth-order valence-electron chi connectivity index (χ4n) is 4.98. The molecule has 3 unspecified atom stereocenters. The van der Waals surface area contributed by atoms with Gasteiger partial charge in [-0.25, -0.2) is 0 Å². The van der Waals surface area contributed by atoms with Gasteiger partial charge in [0.05, 0.1) is 0 Å². The fraction of sp³-hybridized carbons (Fsp3) is 0.565. The Morgan fingerprint density at radius 3 is 2.42 bits per heavy atom. The number of hydrogen-bond donors (Lipinski definition) is 0.